The molecule has 0 aromatic rings. The van der Waals surface area contributed by atoms with E-state index in [-0.39, 0.29) is 19.5 Å². The Hall–Kier alpha value is -1.13. The Labute approximate surface area is 69.0 Å². The SMILES string of the molecule is CC1(F)CN(C(=O)O)CCC1=O. The number of carboxylic acid groups (broad SMARTS) is 1. The summed E-state index contributed by atoms with van der Waals surface area (Å²) in [5, 5.41) is 8.50. The molecule has 0 saturated carbocycles. The van der Waals surface area contributed by atoms with E-state index in [1.807, 2.05) is 0 Å². The molecule has 68 valence electrons. The number of carbonyl (C=O) groups excluding carboxylic acids is 1. The molecule has 5 heteroatoms. The fourth-order valence-corrected chi connectivity index (χ4v) is 1.19. The van der Waals surface area contributed by atoms with Gasteiger partial charge in [-0.2, -0.15) is 0 Å². The molecular formula is C7H10FNO3. The molecule has 0 spiro atoms. The number of ketones is 1. The average molecular weight is 175 g/mol. The number of halogens is 1. The molecule has 4 nitrogen and oxygen atoms in total. The zero-order valence-electron chi connectivity index (χ0n) is 6.71. The van der Waals surface area contributed by atoms with Gasteiger partial charge in [-0.15, -0.1) is 0 Å². The Kier molecular flexibility index (Phi) is 2.04. The van der Waals surface area contributed by atoms with Gasteiger partial charge in [-0.1, -0.05) is 0 Å². The summed E-state index contributed by atoms with van der Waals surface area (Å²) in [4.78, 5) is 22.2. The molecule has 1 amide bonds. The fraction of sp³-hybridized carbons (Fsp3) is 0.714. The largest absolute Gasteiger partial charge is 0.465 e. The summed E-state index contributed by atoms with van der Waals surface area (Å²) in [6.45, 7) is 0.874. The summed E-state index contributed by atoms with van der Waals surface area (Å²) in [7, 11) is 0. The highest BCUT2D eigenvalue weighted by atomic mass is 19.1. The molecule has 0 aromatic carbocycles. The topological polar surface area (TPSA) is 57.6 Å². The number of Topliss-reactive ketones (excluding diaryl/α,β-unsaturated/α-hetero) is 1. The Morgan fingerprint density at radius 3 is 2.75 bits per heavy atom. The number of carbonyl (C=O) groups is 2. The van der Waals surface area contributed by atoms with Crippen molar-refractivity contribution in [2.75, 3.05) is 13.1 Å². The van der Waals surface area contributed by atoms with Crippen LogP contribution in [0.3, 0.4) is 0 Å². The van der Waals surface area contributed by atoms with Crippen LogP contribution in [-0.4, -0.2) is 40.6 Å². The van der Waals surface area contributed by atoms with Crippen molar-refractivity contribution >= 4 is 11.9 Å². The van der Waals surface area contributed by atoms with Crippen LogP contribution in [0.25, 0.3) is 0 Å². The third kappa shape index (κ3) is 1.54. The minimum absolute atomic E-state index is 0.0285. The number of alkyl halides is 1. The number of likely N-dealkylation sites (tertiary alicyclic amines) is 1. The van der Waals surface area contributed by atoms with Gasteiger partial charge in [0.25, 0.3) is 0 Å². The van der Waals surface area contributed by atoms with Crippen LogP contribution < -0.4 is 0 Å². The van der Waals surface area contributed by atoms with Crippen molar-refractivity contribution in [1.29, 1.82) is 0 Å². The van der Waals surface area contributed by atoms with E-state index in [9.17, 15) is 14.0 Å². The summed E-state index contributed by atoms with van der Waals surface area (Å²) in [6, 6.07) is 0. The van der Waals surface area contributed by atoms with E-state index in [2.05, 4.69) is 0 Å². The van der Waals surface area contributed by atoms with Crippen molar-refractivity contribution in [2.24, 2.45) is 0 Å². The van der Waals surface area contributed by atoms with Gasteiger partial charge in [0.2, 0.25) is 0 Å². The Bertz CT molecular complexity index is 227. The third-order valence-electron chi connectivity index (χ3n) is 1.95. The molecule has 0 radical (unpaired) electrons. The first-order chi connectivity index (χ1) is 5.43. The van der Waals surface area contributed by atoms with Gasteiger partial charge in [0.15, 0.2) is 11.5 Å². The second kappa shape index (κ2) is 2.73. The first kappa shape index (κ1) is 8.96. The monoisotopic (exact) mass is 175 g/mol. The Morgan fingerprint density at radius 1 is 1.75 bits per heavy atom. The molecule has 1 atom stereocenters. The molecule has 1 heterocycles. The van der Waals surface area contributed by atoms with Gasteiger partial charge >= 0.3 is 6.09 Å². The van der Waals surface area contributed by atoms with Crippen LogP contribution in [0.1, 0.15) is 13.3 Å². The van der Waals surface area contributed by atoms with Crippen LogP contribution in [0, 0.1) is 0 Å². The lowest BCUT2D eigenvalue weighted by Crippen LogP contribution is -2.51. The summed E-state index contributed by atoms with van der Waals surface area (Å²) in [6.07, 6.45) is -1.20. The zero-order valence-corrected chi connectivity index (χ0v) is 6.71. The quantitative estimate of drug-likeness (QED) is 0.588. The molecule has 0 bridgehead atoms. The maximum Gasteiger partial charge on any atom is 0.407 e. The van der Waals surface area contributed by atoms with Crippen molar-refractivity contribution in [3.63, 3.8) is 0 Å². The van der Waals surface area contributed by atoms with Crippen LogP contribution >= 0.6 is 0 Å². The second-order valence-corrected chi connectivity index (χ2v) is 3.07. The van der Waals surface area contributed by atoms with Crippen molar-refractivity contribution in [2.45, 2.75) is 19.0 Å². The second-order valence-electron chi connectivity index (χ2n) is 3.07. The Balaban J connectivity index is 2.69. The van der Waals surface area contributed by atoms with Gasteiger partial charge in [-0.25, -0.2) is 9.18 Å². The molecule has 12 heavy (non-hydrogen) atoms. The van der Waals surface area contributed by atoms with Crippen molar-refractivity contribution in [1.82, 2.24) is 4.90 Å². The van der Waals surface area contributed by atoms with E-state index in [1.165, 1.54) is 0 Å². The highest BCUT2D eigenvalue weighted by Gasteiger charge is 2.40. The van der Waals surface area contributed by atoms with Crippen LogP contribution in [-0.2, 0) is 4.79 Å². The minimum Gasteiger partial charge on any atom is -0.465 e. The van der Waals surface area contributed by atoms with E-state index < -0.39 is 17.5 Å². The van der Waals surface area contributed by atoms with E-state index in [0.717, 1.165) is 11.8 Å². The van der Waals surface area contributed by atoms with Crippen molar-refractivity contribution in [3.05, 3.63) is 0 Å². The molecular weight excluding hydrogens is 165 g/mol. The van der Waals surface area contributed by atoms with E-state index >= 15 is 0 Å². The summed E-state index contributed by atoms with van der Waals surface area (Å²) >= 11 is 0. The van der Waals surface area contributed by atoms with Gasteiger partial charge < -0.3 is 10.0 Å². The molecule has 1 saturated heterocycles. The average Bonchev–Trinajstić information content (AvgIpc) is 1.94. The maximum atomic E-state index is 13.2. The number of hydrogen-bond acceptors (Lipinski definition) is 2. The number of amides is 1. The van der Waals surface area contributed by atoms with Gasteiger partial charge in [0.1, 0.15) is 0 Å². The van der Waals surface area contributed by atoms with E-state index in [0.29, 0.717) is 0 Å². The zero-order chi connectivity index (χ0) is 9.35. The van der Waals surface area contributed by atoms with Gasteiger partial charge in [-0.3, -0.25) is 4.79 Å². The van der Waals surface area contributed by atoms with Crippen molar-refractivity contribution < 1.29 is 19.1 Å². The van der Waals surface area contributed by atoms with Gasteiger partial charge in [0.05, 0.1) is 6.54 Å². The van der Waals surface area contributed by atoms with E-state index in [1.54, 1.807) is 0 Å². The van der Waals surface area contributed by atoms with Gasteiger partial charge in [-0.05, 0) is 6.92 Å². The highest BCUT2D eigenvalue weighted by molar-refractivity contribution is 5.89. The molecule has 1 N–H and O–H groups in total. The van der Waals surface area contributed by atoms with Crippen molar-refractivity contribution in [3.8, 4) is 0 Å². The summed E-state index contributed by atoms with van der Waals surface area (Å²) < 4.78 is 13.2. The molecule has 0 aromatic heterocycles. The predicted octanol–water partition coefficient (Wildman–Crippen LogP) is 0.667. The van der Waals surface area contributed by atoms with Crippen LogP contribution in [0.4, 0.5) is 9.18 Å². The number of hydrogen-bond donors (Lipinski definition) is 1. The first-order valence-electron chi connectivity index (χ1n) is 3.63. The molecule has 1 rings (SSSR count). The predicted molar refractivity (Wildman–Crippen MR) is 38.7 cm³/mol. The van der Waals surface area contributed by atoms with Gasteiger partial charge in [0, 0.05) is 13.0 Å². The maximum absolute atomic E-state index is 13.2. The number of rotatable bonds is 0. The molecule has 1 aliphatic rings. The minimum atomic E-state index is -2.00. The standard InChI is InChI=1S/C7H10FNO3/c1-7(8)4-9(6(11)12)3-2-5(7)10/h2-4H2,1H3,(H,11,12). The number of piperidine rings is 1. The smallest absolute Gasteiger partial charge is 0.407 e. The fourth-order valence-electron chi connectivity index (χ4n) is 1.19. The van der Waals surface area contributed by atoms with Crippen LogP contribution in [0.5, 0.6) is 0 Å². The molecule has 1 fully saturated rings. The van der Waals surface area contributed by atoms with E-state index in [4.69, 9.17) is 5.11 Å². The summed E-state index contributed by atoms with van der Waals surface area (Å²) in [5.41, 5.74) is -2.00. The van der Waals surface area contributed by atoms with Crippen LogP contribution in [0.15, 0.2) is 0 Å². The Morgan fingerprint density at radius 2 is 2.33 bits per heavy atom. The third-order valence-corrected chi connectivity index (χ3v) is 1.95. The molecule has 1 aliphatic heterocycles. The highest BCUT2D eigenvalue weighted by Crippen LogP contribution is 2.20. The summed E-state index contributed by atoms with van der Waals surface area (Å²) in [5.74, 6) is -0.514. The first-order valence-corrected chi connectivity index (χ1v) is 3.63. The molecule has 0 aliphatic carbocycles. The normalized spacial score (nSPS) is 30.5. The van der Waals surface area contributed by atoms with Crippen LogP contribution in [0.2, 0.25) is 0 Å². The number of nitrogens with zero attached hydrogens (tertiary/aromatic N) is 1. The lowest BCUT2D eigenvalue weighted by molar-refractivity contribution is -0.133. The lowest BCUT2D eigenvalue weighted by atomic mass is 9.96. The lowest BCUT2D eigenvalue weighted by Gasteiger charge is -2.31. The molecule has 1 unspecified atom stereocenters.